The molecule has 0 saturated carbocycles. The van der Waals surface area contributed by atoms with Crippen LogP contribution in [0.1, 0.15) is 32.2 Å². The Kier molecular flexibility index (Phi) is 2.54. The summed E-state index contributed by atoms with van der Waals surface area (Å²) in [5, 5.41) is 3.97. The van der Waals surface area contributed by atoms with Crippen LogP contribution in [0.3, 0.4) is 0 Å². The van der Waals surface area contributed by atoms with Gasteiger partial charge in [-0.2, -0.15) is 4.98 Å². The number of rotatable bonds is 1. The maximum Gasteiger partial charge on any atom is 0.223 e. The third-order valence-corrected chi connectivity index (χ3v) is 2.50. The molecule has 0 aliphatic rings. The van der Waals surface area contributed by atoms with E-state index >= 15 is 0 Å². The summed E-state index contributed by atoms with van der Waals surface area (Å²) in [5.74, 6) is 1.27. The molecule has 16 heavy (non-hydrogen) atoms. The van der Waals surface area contributed by atoms with Gasteiger partial charge in [0.15, 0.2) is 0 Å². The van der Waals surface area contributed by atoms with Gasteiger partial charge in [0.1, 0.15) is 0 Å². The van der Waals surface area contributed by atoms with Crippen molar-refractivity contribution >= 4 is 0 Å². The van der Waals surface area contributed by atoms with E-state index in [1.54, 1.807) is 6.92 Å². The fraction of sp³-hybridized carbons (Fsp3) is 0.385. The Labute approximate surface area is 95.5 Å². The highest BCUT2D eigenvalue weighted by Gasteiger charge is 2.20. The predicted molar refractivity (Wildman–Crippen MR) is 63.2 cm³/mol. The minimum Gasteiger partial charge on any atom is -0.339 e. The van der Waals surface area contributed by atoms with E-state index in [1.807, 2.05) is 18.2 Å². The summed E-state index contributed by atoms with van der Waals surface area (Å²) in [6, 6.07) is 8.18. The maximum absolute atomic E-state index is 5.03. The van der Waals surface area contributed by atoms with Gasteiger partial charge < -0.3 is 4.52 Å². The van der Waals surface area contributed by atoms with E-state index < -0.39 is 0 Å². The zero-order valence-electron chi connectivity index (χ0n) is 10.1. The van der Waals surface area contributed by atoms with Crippen molar-refractivity contribution in [1.29, 1.82) is 0 Å². The molecule has 0 aliphatic heterocycles. The van der Waals surface area contributed by atoms with Crippen molar-refractivity contribution < 1.29 is 4.52 Å². The number of hydrogen-bond donors (Lipinski definition) is 0. The van der Waals surface area contributed by atoms with Gasteiger partial charge in [-0.05, 0) is 11.0 Å². The largest absolute Gasteiger partial charge is 0.339 e. The van der Waals surface area contributed by atoms with Crippen LogP contribution in [-0.2, 0) is 5.41 Å². The Morgan fingerprint density at radius 3 is 2.38 bits per heavy atom. The van der Waals surface area contributed by atoms with Crippen LogP contribution in [0, 0.1) is 6.92 Å². The Balaban J connectivity index is 2.57. The Morgan fingerprint density at radius 2 is 1.81 bits per heavy atom. The standard InChI is InChI=1S/C13H16N2O/c1-9-14-12(15-16-9)10-7-5-6-8-11(10)13(2,3)4/h5-8H,1-4H3. The van der Waals surface area contributed by atoms with Crippen LogP contribution in [-0.4, -0.2) is 10.1 Å². The summed E-state index contributed by atoms with van der Waals surface area (Å²) in [6.45, 7) is 8.34. The first kappa shape index (κ1) is 10.9. The first-order chi connectivity index (χ1) is 7.48. The fourth-order valence-corrected chi connectivity index (χ4v) is 1.74. The number of aryl methyl sites for hydroxylation is 1. The zero-order chi connectivity index (χ0) is 11.8. The maximum atomic E-state index is 5.03. The van der Waals surface area contributed by atoms with Crippen molar-refractivity contribution in [2.75, 3.05) is 0 Å². The third kappa shape index (κ3) is 1.98. The summed E-state index contributed by atoms with van der Waals surface area (Å²) < 4.78 is 5.03. The van der Waals surface area contributed by atoms with Gasteiger partial charge in [0, 0.05) is 12.5 Å². The number of nitrogens with zero attached hydrogens (tertiary/aromatic N) is 2. The van der Waals surface area contributed by atoms with E-state index in [0.29, 0.717) is 11.7 Å². The van der Waals surface area contributed by atoms with Crippen LogP contribution in [0.4, 0.5) is 0 Å². The second-order valence-electron chi connectivity index (χ2n) is 4.93. The molecule has 0 amide bonds. The van der Waals surface area contributed by atoms with Crippen molar-refractivity contribution in [3.8, 4) is 11.4 Å². The lowest BCUT2D eigenvalue weighted by molar-refractivity contribution is 0.394. The summed E-state index contributed by atoms with van der Waals surface area (Å²) in [4.78, 5) is 4.28. The summed E-state index contributed by atoms with van der Waals surface area (Å²) in [7, 11) is 0. The number of hydrogen-bond acceptors (Lipinski definition) is 3. The van der Waals surface area contributed by atoms with Gasteiger partial charge >= 0.3 is 0 Å². The molecule has 0 bridgehead atoms. The van der Waals surface area contributed by atoms with Crippen LogP contribution in [0.15, 0.2) is 28.8 Å². The molecular formula is C13H16N2O. The molecule has 0 unspecified atom stereocenters. The lowest BCUT2D eigenvalue weighted by atomic mass is 9.83. The molecule has 0 aliphatic carbocycles. The molecule has 0 atom stereocenters. The Hall–Kier alpha value is -1.64. The number of benzene rings is 1. The fourth-order valence-electron chi connectivity index (χ4n) is 1.74. The molecule has 0 N–H and O–H groups in total. The quantitative estimate of drug-likeness (QED) is 0.733. The van der Waals surface area contributed by atoms with E-state index in [-0.39, 0.29) is 5.41 Å². The van der Waals surface area contributed by atoms with E-state index in [9.17, 15) is 0 Å². The molecule has 1 aromatic carbocycles. The first-order valence-corrected chi connectivity index (χ1v) is 5.38. The van der Waals surface area contributed by atoms with E-state index in [2.05, 4.69) is 37.0 Å². The minimum atomic E-state index is 0.0745. The van der Waals surface area contributed by atoms with Crippen LogP contribution in [0.5, 0.6) is 0 Å². The van der Waals surface area contributed by atoms with Gasteiger partial charge in [0.25, 0.3) is 0 Å². The molecule has 0 radical (unpaired) electrons. The van der Waals surface area contributed by atoms with Gasteiger partial charge in [-0.15, -0.1) is 0 Å². The third-order valence-electron chi connectivity index (χ3n) is 2.50. The Morgan fingerprint density at radius 1 is 1.12 bits per heavy atom. The van der Waals surface area contributed by atoms with Gasteiger partial charge in [-0.3, -0.25) is 0 Å². The molecule has 1 heterocycles. The SMILES string of the molecule is Cc1nc(-c2ccccc2C(C)(C)C)no1. The van der Waals surface area contributed by atoms with Crippen LogP contribution >= 0.6 is 0 Å². The van der Waals surface area contributed by atoms with Gasteiger partial charge in [0.2, 0.25) is 11.7 Å². The monoisotopic (exact) mass is 216 g/mol. The summed E-state index contributed by atoms with van der Waals surface area (Å²) in [6.07, 6.45) is 0. The van der Waals surface area contributed by atoms with Crippen LogP contribution < -0.4 is 0 Å². The molecule has 3 heteroatoms. The topological polar surface area (TPSA) is 38.9 Å². The molecular weight excluding hydrogens is 200 g/mol. The van der Waals surface area contributed by atoms with Crippen molar-refractivity contribution in [2.24, 2.45) is 0 Å². The van der Waals surface area contributed by atoms with Gasteiger partial charge in [0.05, 0.1) is 0 Å². The van der Waals surface area contributed by atoms with E-state index in [1.165, 1.54) is 5.56 Å². The van der Waals surface area contributed by atoms with Crippen molar-refractivity contribution in [2.45, 2.75) is 33.1 Å². The first-order valence-electron chi connectivity index (χ1n) is 5.38. The number of aromatic nitrogens is 2. The highest BCUT2D eigenvalue weighted by Crippen LogP contribution is 2.31. The molecule has 0 saturated heterocycles. The smallest absolute Gasteiger partial charge is 0.223 e. The van der Waals surface area contributed by atoms with Gasteiger partial charge in [-0.1, -0.05) is 50.2 Å². The van der Waals surface area contributed by atoms with E-state index in [4.69, 9.17) is 4.52 Å². The highest BCUT2D eigenvalue weighted by atomic mass is 16.5. The molecule has 2 rings (SSSR count). The van der Waals surface area contributed by atoms with E-state index in [0.717, 1.165) is 5.56 Å². The van der Waals surface area contributed by atoms with Crippen LogP contribution in [0.25, 0.3) is 11.4 Å². The molecule has 0 spiro atoms. The average molecular weight is 216 g/mol. The van der Waals surface area contributed by atoms with Crippen LogP contribution in [0.2, 0.25) is 0 Å². The molecule has 84 valence electrons. The minimum absolute atomic E-state index is 0.0745. The van der Waals surface area contributed by atoms with Crippen molar-refractivity contribution in [3.05, 3.63) is 35.7 Å². The zero-order valence-corrected chi connectivity index (χ0v) is 10.1. The predicted octanol–water partition coefficient (Wildman–Crippen LogP) is 3.34. The molecule has 1 aromatic heterocycles. The lowest BCUT2D eigenvalue weighted by Crippen LogP contribution is -2.12. The van der Waals surface area contributed by atoms with Crippen molar-refractivity contribution in [3.63, 3.8) is 0 Å². The molecule has 3 nitrogen and oxygen atoms in total. The molecule has 2 aromatic rings. The summed E-state index contributed by atoms with van der Waals surface area (Å²) >= 11 is 0. The Bertz CT molecular complexity index is 495. The van der Waals surface area contributed by atoms with Crippen molar-refractivity contribution in [1.82, 2.24) is 10.1 Å². The summed E-state index contributed by atoms with van der Waals surface area (Å²) in [5.41, 5.74) is 2.35. The molecule has 0 fully saturated rings. The highest BCUT2D eigenvalue weighted by molar-refractivity contribution is 5.61. The lowest BCUT2D eigenvalue weighted by Gasteiger charge is -2.21. The second kappa shape index (κ2) is 3.74. The average Bonchev–Trinajstić information content (AvgIpc) is 2.64. The second-order valence-corrected chi connectivity index (χ2v) is 4.93. The van der Waals surface area contributed by atoms with Gasteiger partial charge in [-0.25, -0.2) is 0 Å². The normalized spacial score (nSPS) is 11.8.